The van der Waals surface area contributed by atoms with Gasteiger partial charge in [0, 0.05) is 19.3 Å². The van der Waals surface area contributed by atoms with Gasteiger partial charge in [-0.15, -0.1) is 0 Å². The predicted octanol–water partition coefficient (Wildman–Crippen LogP) is 4.70. The maximum Gasteiger partial charge on any atom is 0.321 e. The number of hydrogen-bond acceptors (Lipinski definition) is 1. The number of likely N-dealkylation sites (N-methyl/N-ethyl adjacent to an activating group) is 1. The second kappa shape index (κ2) is 7.34. The summed E-state index contributed by atoms with van der Waals surface area (Å²) in [5.74, 6) is 0. The molecule has 0 spiro atoms. The van der Waals surface area contributed by atoms with Crippen LogP contribution in [-0.2, 0) is 6.42 Å². The van der Waals surface area contributed by atoms with Crippen LogP contribution in [0.15, 0.2) is 48.5 Å². The first kappa shape index (κ1) is 15.7. The van der Waals surface area contributed by atoms with Crippen molar-refractivity contribution in [3.8, 4) is 0 Å². The molecule has 0 radical (unpaired) electrons. The first-order valence-corrected chi connectivity index (χ1v) is 7.33. The Morgan fingerprint density at radius 1 is 1.10 bits per heavy atom. The summed E-state index contributed by atoms with van der Waals surface area (Å²) in [6.45, 7) is 0.636. The molecule has 0 bridgehead atoms. The molecule has 0 saturated carbocycles. The zero-order chi connectivity index (χ0) is 15.2. The molecule has 0 aliphatic carbocycles. The normalized spacial score (nSPS) is 10.2. The van der Waals surface area contributed by atoms with Gasteiger partial charge in [-0.1, -0.05) is 53.5 Å². The Kier molecular flexibility index (Phi) is 5.48. The topological polar surface area (TPSA) is 32.3 Å². The molecule has 110 valence electrons. The highest BCUT2D eigenvalue weighted by Crippen LogP contribution is 2.25. The second-order valence-corrected chi connectivity index (χ2v) is 5.53. The van der Waals surface area contributed by atoms with Gasteiger partial charge in [0.15, 0.2) is 0 Å². The zero-order valence-corrected chi connectivity index (χ0v) is 13.2. The molecule has 0 aliphatic rings. The van der Waals surface area contributed by atoms with Crippen molar-refractivity contribution in [1.29, 1.82) is 0 Å². The number of halogens is 2. The van der Waals surface area contributed by atoms with E-state index in [1.807, 2.05) is 30.3 Å². The summed E-state index contributed by atoms with van der Waals surface area (Å²) in [6.07, 6.45) is 0.812. The third-order valence-electron chi connectivity index (χ3n) is 3.10. The highest BCUT2D eigenvalue weighted by molar-refractivity contribution is 6.42. The minimum absolute atomic E-state index is 0.177. The molecule has 0 aliphatic heterocycles. The Hall–Kier alpha value is -1.71. The predicted molar refractivity (Wildman–Crippen MR) is 88.3 cm³/mol. The molecule has 5 heteroatoms. The van der Waals surface area contributed by atoms with Crippen LogP contribution < -0.4 is 5.32 Å². The van der Waals surface area contributed by atoms with Gasteiger partial charge in [0.1, 0.15) is 0 Å². The Morgan fingerprint density at radius 3 is 2.48 bits per heavy atom. The molecule has 3 nitrogen and oxygen atoms in total. The van der Waals surface area contributed by atoms with Crippen LogP contribution in [0.4, 0.5) is 10.5 Å². The summed E-state index contributed by atoms with van der Waals surface area (Å²) < 4.78 is 0. The van der Waals surface area contributed by atoms with E-state index in [9.17, 15) is 4.79 Å². The van der Waals surface area contributed by atoms with Crippen molar-refractivity contribution in [1.82, 2.24) is 4.90 Å². The number of rotatable bonds is 4. The number of anilines is 1. The van der Waals surface area contributed by atoms with Crippen molar-refractivity contribution >= 4 is 34.9 Å². The lowest BCUT2D eigenvalue weighted by molar-refractivity contribution is 0.223. The minimum Gasteiger partial charge on any atom is -0.327 e. The molecule has 0 aromatic heterocycles. The van der Waals surface area contributed by atoms with Crippen LogP contribution >= 0.6 is 23.2 Å². The van der Waals surface area contributed by atoms with E-state index in [2.05, 4.69) is 5.32 Å². The third kappa shape index (κ3) is 4.66. The number of nitrogens with one attached hydrogen (secondary N) is 1. The van der Waals surface area contributed by atoms with Crippen LogP contribution in [0.3, 0.4) is 0 Å². The van der Waals surface area contributed by atoms with Crippen LogP contribution in [0.25, 0.3) is 0 Å². The van der Waals surface area contributed by atoms with Crippen LogP contribution in [0.5, 0.6) is 0 Å². The monoisotopic (exact) mass is 322 g/mol. The number of carbonyl (C=O) groups excluding carboxylic acids is 1. The lowest BCUT2D eigenvalue weighted by atomic mass is 10.1. The highest BCUT2D eigenvalue weighted by atomic mass is 35.5. The third-order valence-corrected chi connectivity index (χ3v) is 3.84. The molecule has 2 aromatic rings. The lowest BCUT2D eigenvalue weighted by Crippen LogP contribution is -2.32. The Balaban J connectivity index is 1.89. The smallest absolute Gasteiger partial charge is 0.321 e. The molecule has 21 heavy (non-hydrogen) atoms. The summed E-state index contributed by atoms with van der Waals surface area (Å²) >= 11 is 11.8. The quantitative estimate of drug-likeness (QED) is 0.869. The van der Waals surface area contributed by atoms with E-state index in [-0.39, 0.29) is 6.03 Å². The standard InChI is InChI=1S/C16H16Cl2N2O/c1-20(10-9-12-5-3-2-4-6-12)16(21)19-13-7-8-14(17)15(18)11-13/h2-8,11H,9-10H2,1H3,(H,19,21). The maximum absolute atomic E-state index is 12.1. The number of urea groups is 1. The average molecular weight is 323 g/mol. The SMILES string of the molecule is CN(CCc1ccccc1)C(=O)Nc1ccc(Cl)c(Cl)c1. The fourth-order valence-corrected chi connectivity index (χ4v) is 2.13. The van der Waals surface area contributed by atoms with Crippen LogP contribution in [0.2, 0.25) is 10.0 Å². The summed E-state index contributed by atoms with van der Waals surface area (Å²) in [6, 6.07) is 14.9. The van der Waals surface area contributed by atoms with Crippen molar-refractivity contribution in [3.05, 3.63) is 64.1 Å². The molecule has 1 N–H and O–H groups in total. The summed E-state index contributed by atoms with van der Waals surface area (Å²) in [5.41, 5.74) is 1.83. The summed E-state index contributed by atoms with van der Waals surface area (Å²) in [4.78, 5) is 13.7. The van der Waals surface area contributed by atoms with E-state index in [0.29, 0.717) is 22.3 Å². The first-order chi connectivity index (χ1) is 10.1. The molecule has 0 saturated heterocycles. The minimum atomic E-state index is -0.177. The zero-order valence-electron chi connectivity index (χ0n) is 11.6. The van der Waals surface area contributed by atoms with Gasteiger partial charge in [0.2, 0.25) is 0 Å². The van der Waals surface area contributed by atoms with Crippen molar-refractivity contribution in [2.75, 3.05) is 18.9 Å². The van der Waals surface area contributed by atoms with Crippen LogP contribution in [0.1, 0.15) is 5.56 Å². The molecule has 0 heterocycles. The maximum atomic E-state index is 12.1. The van der Waals surface area contributed by atoms with Crippen molar-refractivity contribution in [2.45, 2.75) is 6.42 Å². The van der Waals surface area contributed by atoms with Crippen molar-refractivity contribution in [2.24, 2.45) is 0 Å². The van der Waals surface area contributed by atoms with Gasteiger partial charge in [-0.25, -0.2) is 4.79 Å². The lowest BCUT2D eigenvalue weighted by Gasteiger charge is -2.18. The van der Waals surface area contributed by atoms with Crippen LogP contribution in [0, 0.1) is 0 Å². The largest absolute Gasteiger partial charge is 0.327 e. The molecule has 0 unspecified atom stereocenters. The van der Waals surface area contributed by atoms with E-state index in [1.165, 1.54) is 5.56 Å². The highest BCUT2D eigenvalue weighted by Gasteiger charge is 2.09. The van der Waals surface area contributed by atoms with E-state index in [4.69, 9.17) is 23.2 Å². The molecule has 0 fully saturated rings. The molecular formula is C16H16Cl2N2O. The Bertz CT molecular complexity index is 617. The van der Waals surface area contributed by atoms with E-state index in [1.54, 1.807) is 30.1 Å². The van der Waals surface area contributed by atoms with Crippen molar-refractivity contribution < 1.29 is 4.79 Å². The molecule has 2 rings (SSSR count). The Morgan fingerprint density at radius 2 is 1.81 bits per heavy atom. The second-order valence-electron chi connectivity index (χ2n) is 4.72. The van der Waals surface area contributed by atoms with Gasteiger partial charge in [-0.3, -0.25) is 0 Å². The van der Waals surface area contributed by atoms with E-state index >= 15 is 0 Å². The number of carbonyl (C=O) groups is 1. The van der Waals surface area contributed by atoms with Gasteiger partial charge in [0.25, 0.3) is 0 Å². The number of hydrogen-bond donors (Lipinski definition) is 1. The Labute approximate surface area is 134 Å². The summed E-state index contributed by atoms with van der Waals surface area (Å²) in [5, 5.41) is 3.67. The molecule has 2 amide bonds. The number of amides is 2. The molecule has 0 atom stereocenters. The van der Waals surface area contributed by atoms with Gasteiger partial charge in [0.05, 0.1) is 10.0 Å². The first-order valence-electron chi connectivity index (χ1n) is 6.57. The van der Waals surface area contributed by atoms with E-state index < -0.39 is 0 Å². The number of benzene rings is 2. The average Bonchev–Trinajstić information content (AvgIpc) is 2.49. The van der Waals surface area contributed by atoms with Crippen LogP contribution in [-0.4, -0.2) is 24.5 Å². The van der Waals surface area contributed by atoms with Gasteiger partial charge in [-0.2, -0.15) is 0 Å². The van der Waals surface area contributed by atoms with Gasteiger partial charge in [-0.05, 0) is 30.2 Å². The summed E-state index contributed by atoms with van der Waals surface area (Å²) in [7, 11) is 1.76. The van der Waals surface area contributed by atoms with Gasteiger partial charge < -0.3 is 10.2 Å². The fourth-order valence-electron chi connectivity index (χ4n) is 1.84. The van der Waals surface area contributed by atoms with Gasteiger partial charge >= 0.3 is 6.03 Å². The molecule has 2 aromatic carbocycles. The van der Waals surface area contributed by atoms with Crippen molar-refractivity contribution in [3.63, 3.8) is 0 Å². The number of nitrogens with zero attached hydrogens (tertiary/aromatic N) is 1. The van der Waals surface area contributed by atoms with E-state index in [0.717, 1.165) is 6.42 Å². The fraction of sp³-hybridized carbons (Fsp3) is 0.188. The molecular weight excluding hydrogens is 307 g/mol.